The van der Waals surface area contributed by atoms with Crippen LogP contribution in [0.15, 0.2) is 11.6 Å². The number of nitrogens with one attached hydrogen (secondary N) is 2. The van der Waals surface area contributed by atoms with E-state index in [1.165, 1.54) is 31.3 Å². The van der Waals surface area contributed by atoms with E-state index in [2.05, 4.69) is 16.7 Å². The molecule has 2 aliphatic heterocycles. The number of imide groups is 1. The molecular formula is C23H38N4O3. The van der Waals surface area contributed by atoms with Crippen LogP contribution in [0.25, 0.3) is 0 Å². The van der Waals surface area contributed by atoms with Crippen molar-refractivity contribution in [1.29, 1.82) is 0 Å². The highest BCUT2D eigenvalue weighted by atomic mass is 16.2. The lowest BCUT2D eigenvalue weighted by Gasteiger charge is -2.33. The Morgan fingerprint density at radius 3 is 2.33 bits per heavy atom. The van der Waals surface area contributed by atoms with Crippen molar-refractivity contribution in [3.63, 3.8) is 0 Å². The maximum Gasteiger partial charge on any atom is 0.321 e. The van der Waals surface area contributed by atoms with Gasteiger partial charge in [0.2, 0.25) is 11.8 Å². The summed E-state index contributed by atoms with van der Waals surface area (Å²) in [5.74, 6) is 0.106. The summed E-state index contributed by atoms with van der Waals surface area (Å²) in [5.41, 5.74) is 1.41. The number of hydrogen-bond donors (Lipinski definition) is 2. The molecule has 0 spiro atoms. The zero-order chi connectivity index (χ0) is 21.2. The molecule has 4 amide bonds. The molecule has 3 aliphatic rings. The first-order valence-electron chi connectivity index (χ1n) is 11.9. The Bertz CT molecular complexity index is 618. The topological polar surface area (TPSA) is 81.8 Å². The minimum absolute atomic E-state index is 0.0831. The first kappa shape index (κ1) is 22.8. The van der Waals surface area contributed by atoms with Crippen LogP contribution in [0.5, 0.6) is 0 Å². The Morgan fingerprint density at radius 2 is 1.67 bits per heavy atom. The van der Waals surface area contributed by atoms with Crippen LogP contribution >= 0.6 is 0 Å². The largest absolute Gasteiger partial charge is 0.342 e. The van der Waals surface area contributed by atoms with Gasteiger partial charge < -0.3 is 10.2 Å². The van der Waals surface area contributed by atoms with Gasteiger partial charge in [-0.05, 0) is 70.9 Å². The monoisotopic (exact) mass is 418 g/mol. The van der Waals surface area contributed by atoms with Crippen molar-refractivity contribution in [3.05, 3.63) is 11.6 Å². The molecule has 2 saturated heterocycles. The maximum absolute atomic E-state index is 12.8. The van der Waals surface area contributed by atoms with Crippen molar-refractivity contribution in [2.45, 2.75) is 70.6 Å². The van der Waals surface area contributed by atoms with Crippen LogP contribution in [0.3, 0.4) is 0 Å². The second kappa shape index (κ2) is 12.1. The van der Waals surface area contributed by atoms with Crippen LogP contribution in [-0.4, -0.2) is 66.9 Å². The number of rotatable bonds is 6. The van der Waals surface area contributed by atoms with Crippen LogP contribution in [0, 0.1) is 5.92 Å². The first-order chi connectivity index (χ1) is 14.6. The molecule has 0 unspecified atom stereocenters. The number of urea groups is 1. The summed E-state index contributed by atoms with van der Waals surface area (Å²) in [4.78, 5) is 41.0. The van der Waals surface area contributed by atoms with E-state index in [-0.39, 0.29) is 18.4 Å². The van der Waals surface area contributed by atoms with Gasteiger partial charge in [-0.25, -0.2) is 4.79 Å². The van der Waals surface area contributed by atoms with Crippen molar-refractivity contribution in [2.75, 3.05) is 39.3 Å². The zero-order valence-electron chi connectivity index (χ0n) is 18.3. The predicted molar refractivity (Wildman–Crippen MR) is 117 cm³/mol. The molecule has 0 radical (unpaired) electrons. The summed E-state index contributed by atoms with van der Waals surface area (Å²) in [6.07, 6.45) is 14.2. The predicted octanol–water partition coefficient (Wildman–Crippen LogP) is 2.82. The third kappa shape index (κ3) is 7.42. The summed E-state index contributed by atoms with van der Waals surface area (Å²) in [7, 11) is 0. The van der Waals surface area contributed by atoms with Gasteiger partial charge in [0.15, 0.2) is 0 Å². The molecule has 168 valence electrons. The van der Waals surface area contributed by atoms with E-state index in [4.69, 9.17) is 0 Å². The summed E-state index contributed by atoms with van der Waals surface area (Å²) >= 11 is 0. The third-order valence-electron chi connectivity index (χ3n) is 6.59. The molecule has 0 aromatic carbocycles. The second-order valence-corrected chi connectivity index (χ2v) is 8.95. The summed E-state index contributed by atoms with van der Waals surface area (Å²) in [6, 6.07) is -0.414. The van der Waals surface area contributed by atoms with Gasteiger partial charge in [0, 0.05) is 25.6 Å². The minimum atomic E-state index is -0.414. The summed E-state index contributed by atoms with van der Waals surface area (Å²) in [6.45, 7) is 4.03. The van der Waals surface area contributed by atoms with Gasteiger partial charge in [0.05, 0.1) is 6.54 Å². The molecule has 2 heterocycles. The highest BCUT2D eigenvalue weighted by molar-refractivity contribution is 5.95. The smallest absolute Gasteiger partial charge is 0.321 e. The van der Waals surface area contributed by atoms with E-state index in [9.17, 15) is 14.4 Å². The Kier molecular flexibility index (Phi) is 9.18. The molecule has 2 fully saturated rings. The second-order valence-electron chi connectivity index (χ2n) is 8.95. The number of hydrogen-bond acceptors (Lipinski definition) is 4. The number of carbonyl (C=O) groups is 3. The van der Waals surface area contributed by atoms with Gasteiger partial charge in [0.25, 0.3) is 0 Å². The molecular weight excluding hydrogens is 380 g/mol. The Labute approximate surface area is 180 Å². The average Bonchev–Trinajstić information content (AvgIpc) is 3.04. The van der Waals surface area contributed by atoms with Crippen molar-refractivity contribution < 1.29 is 14.4 Å². The van der Waals surface area contributed by atoms with Gasteiger partial charge in [0.1, 0.15) is 0 Å². The highest BCUT2D eigenvalue weighted by Crippen LogP contribution is 2.22. The average molecular weight is 419 g/mol. The number of amides is 4. The standard InChI is InChI=1S/C23H38N4O3/c28-21(25-23(30)24-13-10-19-8-4-3-5-9-19)18-26-16-11-20(12-17-26)22(29)27-14-6-1-2-7-15-27/h8,20H,1-7,9-18H2,(H2,24,25,28,30). The molecule has 0 saturated carbocycles. The van der Waals surface area contributed by atoms with Gasteiger partial charge in [-0.3, -0.25) is 19.8 Å². The SMILES string of the molecule is O=C(CN1CCC(C(=O)N2CCCCCC2)CC1)NC(=O)NCCC1=CCCCC1. The fraction of sp³-hybridized carbons (Fsp3) is 0.783. The van der Waals surface area contributed by atoms with Crippen LogP contribution in [-0.2, 0) is 9.59 Å². The van der Waals surface area contributed by atoms with E-state index in [1.807, 2.05) is 9.80 Å². The van der Waals surface area contributed by atoms with Crippen LogP contribution in [0.4, 0.5) is 4.79 Å². The normalized spacial score (nSPS) is 21.5. The lowest BCUT2D eigenvalue weighted by atomic mass is 9.95. The third-order valence-corrected chi connectivity index (χ3v) is 6.59. The van der Waals surface area contributed by atoms with Gasteiger partial charge >= 0.3 is 6.03 Å². The Morgan fingerprint density at radius 1 is 0.933 bits per heavy atom. The zero-order valence-corrected chi connectivity index (χ0v) is 18.3. The molecule has 30 heavy (non-hydrogen) atoms. The molecule has 1 aliphatic carbocycles. The highest BCUT2D eigenvalue weighted by Gasteiger charge is 2.29. The van der Waals surface area contributed by atoms with Crippen molar-refractivity contribution >= 4 is 17.8 Å². The fourth-order valence-electron chi connectivity index (χ4n) is 4.77. The first-order valence-corrected chi connectivity index (χ1v) is 11.9. The Hall–Kier alpha value is -1.89. The maximum atomic E-state index is 12.8. The molecule has 3 rings (SSSR count). The lowest BCUT2D eigenvalue weighted by molar-refractivity contribution is -0.137. The quantitative estimate of drug-likeness (QED) is 0.650. The van der Waals surface area contributed by atoms with Crippen LogP contribution in [0.2, 0.25) is 0 Å². The molecule has 7 nitrogen and oxygen atoms in total. The molecule has 0 aromatic rings. The molecule has 0 bridgehead atoms. The number of likely N-dealkylation sites (tertiary alicyclic amines) is 2. The van der Waals surface area contributed by atoms with Crippen molar-refractivity contribution in [1.82, 2.24) is 20.4 Å². The van der Waals surface area contributed by atoms with E-state index < -0.39 is 6.03 Å². The van der Waals surface area contributed by atoms with Crippen LogP contribution < -0.4 is 10.6 Å². The fourth-order valence-corrected chi connectivity index (χ4v) is 4.77. The number of allylic oxidation sites excluding steroid dienone is 1. The van der Waals surface area contributed by atoms with Gasteiger partial charge in [-0.2, -0.15) is 0 Å². The summed E-state index contributed by atoms with van der Waals surface area (Å²) in [5, 5.41) is 5.21. The van der Waals surface area contributed by atoms with Crippen LogP contribution in [0.1, 0.15) is 70.6 Å². The summed E-state index contributed by atoms with van der Waals surface area (Å²) < 4.78 is 0. The molecule has 7 heteroatoms. The van der Waals surface area contributed by atoms with E-state index in [0.717, 1.165) is 71.1 Å². The lowest BCUT2D eigenvalue weighted by Crippen LogP contribution is -2.48. The number of carbonyl (C=O) groups excluding carboxylic acids is 3. The molecule has 2 N–H and O–H groups in total. The van der Waals surface area contributed by atoms with Gasteiger partial charge in [-0.15, -0.1) is 0 Å². The van der Waals surface area contributed by atoms with E-state index in [1.54, 1.807) is 0 Å². The van der Waals surface area contributed by atoms with E-state index in [0.29, 0.717) is 12.5 Å². The Balaban J connectivity index is 1.30. The van der Waals surface area contributed by atoms with Crippen molar-refractivity contribution in [2.24, 2.45) is 5.92 Å². The van der Waals surface area contributed by atoms with E-state index >= 15 is 0 Å². The van der Waals surface area contributed by atoms with Crippen molar-refractivity contribution in [3.8, 4) is 0 Å². The van der Waals surface area contributed by atoms with Gasteiger partial charge in [-0.1, -0.05) is 24.5 Å². The number of piperidine rings is 1. The molecule has 0 atom stereocenters. The minimum Gasteiger partial charge on any atom is -0.342 e. The number of nitrogens with zero attached hydrogens (tertiary/aromatic N) is 2. The molecule has 0 aromatic heterocycles.